The summed E-state index contributed by atoms with van der Waals surface area (Å²) < 4.78 is 5.72. The highest BCUT2D eigenvalue weighted by atomic mass is 16.6. The third-order valence-corrected chi connectivity index (χ3v) is 7.83. The van der Waals surface area contributed by atoms with Crippen LogP contribution in [-0.2, 0) is 10.2 Å². The molecule has 0 aliphatic heterocycles. The fourth-order valence-corrected chi connectivity index (χ4v) is 5.91. The second kappa shape index (κ2) is 8.00. The summed E-state index contributed by atoms with van der Waals surface area (Å²) in [5.74, 6) is 0.275. The van der Waals surface area contributed by atoms with E-state index in [1.165, 1.54) is 29.8 Å². The van der Waals surface area contributed by atoms with E-state index in [-0.39, 0.29) is 23.0 Å². The Labute approximate surface area is 188 Å². The molecule has 2 aliphatic carbocycles. The van der Waals surface area contributed by atoms with Gasteiger partial charge in [-0.25, -0.2) is 0 Å². The summed E-state index contributed by atoms with van der Waals surface area (Å²) in [7, 11) is 0. The molecule has 0 amide bonds. The number of aliphatic hydroxyl groups is 1. The summed E-state index contributed by atoms with van der Waals surface area (Å²) in [6.45, 7) is 8.46. The second-order valence-corrected chi connectivity index (χ2v) is 10.1. The average Bonchev–Trinajstić information content (AvgIpc) is 2.75. The van der Waals surface area contributed by atoms with Crippen LogP contribution in [0.1, 0.15) is 82.1 Å². The highest BCUT2D eigenvalue weighted by Crippen LogP contribution is 2.59. The van der Waals surface area contributed by atoms with Gasteiger partial charge in [0.1, 0.15) is 5.75 Å². The van der Waals surface area contributed by atoms with Crippen LogP contribution >= 0.6 is 0 Å². The zero-order chi connectivity index (χ0) is 23.3. The number of nitrogens with zero attached hydrogens (tertiary/aromatic N) is 1. The average molecular weight is 438 g/mol. The highest BCUT2D eigenvalue weighted by molar-refractivity contribution is 5.80. The van der Waals surface area contributed by atoms with E-state index in [1.807, 2.05) is 6.92 Å². The summed E-state index contributed by atoms with van der Waals surface area (Å²) in [6, 6.07) is 12.0. The van der Waals surface area contributed by atoms with E-state index in [9.17, 15) is 20.0 Å². The van der Waals surface area contributed by atoms with Gasteiger partial charge >= 0.3 is 5.97 Å². The maximum Gasteiger partial charge on any atom is 0.317 e. The maximum absolute atomic E-state index is 13.4. The first-order valence-electron chi connectivity index (χ1n) is 11.4. The quantitative estimate of drug-likeness (QED) is 0.281. The van der Waals surface area contributed by atoms with Crippen LogP contribution in [-0.4, -0.2) is 16.0 Å². The van der Waals surface area contributed by atoms with E-state index in [0.717, 1.165) is 24.0 Å². The molecule has 0 heterocycles. The van der Waals surface area contributed by atoms with Crippen LogP contribution in [0.3, 0.4) is 0 Å². The monoisotopic (exact) mass is 437 g/mol. The molecule has 6 heteroatoms. The molecule has 1 fully saturated rings. The largest absolute Gasteiger partial charge is 0.426 e. The van der Waals surface area contributed by atoms with Gasteiger partial charge in [0, 0.05) is 12.1 Å². The Bertz CT molecular complexity index is 1050. The number of hydrogen-bond donors (Lipinski definition) is 1. The first-order chi connectivity index (χ1) is 15.1. The zero-order valence-electron chi connectivity index (χ0n) is 19.1. The van der Waals surface area contributed by atoms with Crippen molar-refractivity contribution in [2.75, 3.05) is 0 Å². The molecule has 0 unspecified atom stereocenters. The Kier molecular flexibility index (Phi) is 5.61. The van der Waals surface area contributed by atoms with Crippen LogP contribution in [0, 0.1) is 21.4 Å². The zero-order valence-corrected chi connectivity index (χ0v) is 19.1. The van der Waals surface area contributed by atoms with E-state index >= 15 is 0 Å². The third kappa shape index (κ3) is 3.60. The Hall–Kier alpha value is -2.73. The van der Waals surface area contributed by atoms with Gasteiger partial charge in [-0.2, -0.15) is 0 Å². The molecule has 32 heavy (non-hydrogen) atoms. The third-order valence-electron chi connectivity index (χ3n) is 7.83. The molecule has 0 aromatic heterocycles. The van der Waals surface area contributed by atoms with Crippen LogP contribution in [0.5, 0.6) is 5.75 Å². The Morgan fingerprint density at radius 3 is 2.47 bits per heavy atom. The number of rotatable bonds is 4. The number of hydrogen-bond acceptors (Lipinski definition) is 5. The second-order valence-electron chi connectivity index (χ2n) is 10.1. The van der Waals surface area contributed by atoms with Crippen molar-refractivity contribution in [3.05, 3.63) is 69.3 Å². The number of ether oxygens (including phenoxy) is 1. The van der Waals surface area contributed by atoms with E-state index in [1.54, 1.807) is 0 Å². The van der Waals surface area contributed by atoms with E-state index in [4.69, 9.17) is 4.74 Å². The number of benzene rings is 2. The number of non-ortho nitro benzene ring substituents is 1. The molecule has 2 aromatic rings. The highest BCUT2D eigenvalue weighted by Gasteiger charge is 2.57. The fourth-order valence-electron chi connectivity index (χ4n) is 5.91. The predicted octanol–water partition coefficient (Wildman–Crippen LogP) is 5.83. The fraction of sp³-hybridized carbons (Fsp3) is 0.500. The lowest BCUT2D eigenvalue weighted by Gasteiger charge is -2.55. The lowest BCUT2D eigenvalue weighted by atomic mass is 9.49. The molecule has 0 bridgehead atoms. The maximum atomic E-state index is 13.4. The molecule has 0 spiro atoms. The Morgan fingerprint density at radius 1 is 1.16 bits per heavy atom. The van der Waals surface area contributed by atoms with Gasteiger partial charge in [0.25, 0.3) is 5.69 Å². The number of aliphatic hydroxyl groups excluding tert-OH is 1. The molecule has 0 saturated heterocycles. The first-order valence-corrected chi connectivity index (χ1v) is 11.4. The standard InChI is InChI=1S/C26H31NO5/c1-16(2)17-6-11-21-20(14-17)22(28)15-23-25(21,3)12-5-13-26(23,4)24(29)32-19-9-7-18(8-10-19)27(30)31/h6-11,14,16,22-23,28H,5,12-13,15H2,1-4H3/t22-,23-,25-,26-/m1/s1. The van der Waals surface area contributed by atoms with E-state index in [0.29, 0.717) is 24.5 Å². The lowest BCUT2D eigenvalue weighted by molar-refractivity contribution is -0.384. The van der Waals surface area contributed by atoms with Gasteiger partial charge in [-0.15, -0.1) is 0 Å². The lowest BCUT2D eigenvalue weighted by Crippen LogP contribution is -2.54. The van der Waals surface area contributed by atoms with Crippen molar-refractivity contribution in [2.45, 2.75) is 70.8 Å². The first kappa shape index (κ1) is 22.5. The van der Waals surface area contributed by atoms with Crippen LogP contribution in [0.4, 0.5) is 5.69 Å². The van der Waals surface area contributed by atoms with Crippen LogP contribution in [0.25, 0.3) is 0 Å². The molecular weight excluding hydrogens is 406 g/mol. The number of nitro groups is 1. The van der Waals surface area contributed by atoms with E-state index in [2.05, 4.69) is 39.0 Å². The SMILES string of the molecule is CC(C)c1ccc2c(c1)[C@H](O)C[C@H]1[C@](C)(C(=O)Oc3ccc([N+](=O)[O-])cc3)CCC[C@]21C. The van der Waals surface area contributed by atoms with Gasteiger partial charge < -0.3 is 9.84 Å². The minimum Gasteiger partial charge on any atom is -0.426 e. The molecule has 4 atom stereocenters. The molecule has 6 nitrogen and oxygen atoms in total. The number of nitro benzene ring substituents is 1. The summed E-state index contributed by atoms with van der Waals surface area (Å²) >= 11 is 0. The normalized spacial score (nSPS) is 29.2. The minimum absolute atomic E-state index is 0.0472. The van der Waals surface area contributed by atoms with Crippen molar-refractivity contribution in [2.24, 2.45) is 11.3 Å². The molecule has 4 rings (SSSR count). The number of esters is 1. The molecule has 2 aromatic carbocycles. The van der Waals surface area contributed by atoms with Gasteiger partial charge in [-0.05, 0) is 72.3 Å². The Morgan fingerprint density at radius 2 is 1.84 bits per heavy atom. The van der Waals surface area contributed by atoms with Crippen LogP contribution in [0.2, 0.25) is 0 Å². The topological polar surface area (TPSA) is 89.7 Å². The Balaban J connectivity index is 1.66. The van der Waals surface area contributed by atoms with Crippen molar-refractivity contribution >= 4 is 11.7 Å². The smallest absolute Gasteiger partial charge is 0.317 e. The van der Waals surface area contributed by atoms with Crippen molar-refractivity contribution in [1.82, 2.24) is 0 Å². The van der Waals surface area contributed by atoms with Crippen molar-refractivity contribution < 1.29 is 19.6 Å². The predicted molar refractivity (Wildman–Crippen MR) is 122 cm³/mol. The van der Waals surface area contributed by atoms with Gasteiger partial charge in [0.05, 0.1) is 16.4 Å². The van der Waals surface area contributed by atoms with Gasteiger partial charge in [-0.1, -0.05) is 45.4 Å². The van der Waals surface area contributed by atoms with Gasteiger partial charge in [-0.3, -0.25) is 14.9 Å². The number of carbonyl (C=O) groups excluding carboxylic acids is 1. The molecule has 1 N–H and O–H groups in total. The molecule has 0 radical (unpaired) electrons. The summed E-state index contributed by atoms with van der Waals surface area (Å²) in [5.41, 5.74) is 2.30. The minimum atomic E-state index is -0.760. The molecule has 1 saturated carbocycles. The molecule has 2 aliphatic rings. The van der Waals surface area contributed by atoms with Crippen LogP contribution < -0.4 is 4.74 Å². The van der Waals surface area contributed by atoms with Crippen molar-refractivity contribution in [1.29, 1.82) is 0 Å². The summed E-state index contributed by atoms with van der Waals surface area (Å²) in [4.78, 5) is 23.8. The summed E-state index contributed by atoms with van der Waals surface area (Å²) in [6.07, 6.45) is 2.42. The van der Waals surface area contributed by atoms with Crippen molar-refractivity contribution in [3.8, 4) is 5.75 Å². The van der Waals surface area contributed by atoms with Crippen LogP contribution in [0.15, 0.2) is 42.5 Å². The van der Waals surface area contributed by atoms with Gasteiger partial charge in [0.2, 0.25) is 0 Å². The van der Waals surface area contributed by atoms with E-state index < -0.39 is 16.4 Å². The molecular formula is C26H31NO5. The van der Waals surface area contributed by atoms with Crippen molar-refractivity contribution in [3.63, 3.8) is 0 Å². The summed E-state index contributed by atoms with van der Waals surface area (Å²) in [5, 5.41) is 22.0. The van der Waals surface area contributed by atoms with Gasteiger partial charge in [0.15, 0.2) is 0 Å². The molecule has 170 valence electrons. The number of fused-ring (bicyclic) bond motifs is 3. The number of carbonyl (C=O) groups is 1.